The molecule has 3 atom stereocenters. The maximum atomic E-state index is 13.5. The molecule has 7 N–H and O–H groups in total. The van der Waals surface area contributed by atoms with Crippen molar-refractivity contribution in [3.05, 3.63) is 70.0 Å². The first-order chi connectivity index (χ1) is 16.6. The molecular weight excluding hydrogens is 454 g/mol. The number of amides is 1. The number of Topliss-reactive ketones (excluding diaryl/α,β-unsaturated/α-hetero) is 2. The number of primary amides is 1. The summed E-state index contributed by atoms with van der Waals surface area (Å²) in [6, 6.07) is 10.2. The molecular formula is C26H23NO8. The molecule has 5 rings (SSSR count). The van der Waals surface area contributed by atoms with Crippen LogP contribution in [0, 0.1) is 11.8 Å². The number of carbonyl (C=O) groups excluding carboxylic acids is 3. The number of phenols is 1. The normalized spacial score (nSPS) is 25.8. The lowest BCUT2D eigenvalue weighted by Gasteiger charge is -2.46. The van der Waals surface area contributed by atoms with Gasteiger partial charge in [0.05, 0.1) is 12.2 Å². The lowest BCUT2D eigenvalue weighted by Crippen LogP contribution is -2.58. The van der Waals surface area contributed by atoms with Crippen molar-refractivity contribution in [1.29, 1.82) is 0 Å². The monoisotopic (exact) mass is 477 g/mol. The molecule has 35 heavy (non-hydrogen) atoms. The molecule has 0 heterocycles. The Bertz CT molecular complexity index is 1370. The van der Waals surface area contributed by atoms with Gasteiger partial charge in [0.25, 0.3) is 5.91 Å². The molecule has 3 aliphatic carbocycles. The molecule has 2 aromatic rings. The molecule has 0 unspecified atom stereocenters. The number of carbonyl (C=O) groups is 3. The van der Waals surface area contributed by atoms with E-state index >= 15 is 0 Å². The van der Waals surface area contributed by atoms with Gasteiger partial charge in [0.15, 0.2) is 11.4 Å². The van der Waals surface area contributed by atoms with Gasteiger partial charge < -0.3 is 31.3 Å². The third kappa shape index (κ3) is 3.12. The number of aliphatic hydroxyl groups is 4. The van der Waals surface area contributed by atoms with E-state index in [0.717, 1.165) is 5.56 Å². The molecule has 0 saturated heterocycles. The molecule has 0 aromatic heterocycles. The maximum absolute atomic E-state index is 13.5. The van der Waals surface area contributed by atoms with Crippen LogP contribution >= 0.6 is 0 Å². The number of ketones is 2. The predicted molar refractivity (Wildman–Crippen MR) is 123 cm³/mol. The first kappa shape index (κ1) is 22.8. The van der Waals surface area contributed by atoms with Crippen LogP contribution in [0.15, 0.2) is 53.3 Å². The predicted octanol–water partition coefficient (Wildman–Crippen LogP) is 1.58. The molecule has 0 radical (unpaired) electrons. The van der Waals surface area contributed by atoms with Crippen LogP contribution in [0.4, 0.5) is 0 Å². The van der Waals surface area contributed by atoms with Gasteiger partial charge in [0.2, 0.25) is 5.78 Å². The van der Waals surface area contributed by atoms with Crippen LogP contribution in [0.3, 0.4) is 0 Å². The molecule has 9 nitrogen and oxygen atoms in total. The van der Waals surface area contributed by atoms with Crippen LogP contribution in [0.5, 0.6) is 5.75 Å². The number of phenolic OH excluding ortho intramolecular Hbond substituents is 1. The molecule has 0 bridgehead atoms. The number of aliphatic hydroxyl groups excluding tert-OH is 3. The highest BCUT2D eigenvalue weighted by molar-refractivity contribution is 6.22. The Labute approximate surface area is 199 Å². The lowest BCUT2D eigenvalue weighted by molar-refractivity contribution is -0.147. The van der Waals surface area contributed by atoms with Gasteiger partial charge in [-0.25, -0.2) is 0 Å². The minimum absolute atomic E-state index is 0.0425. The second-order valence-electron chi connectivity index (χ2n) is 9.25. The number of benzene rings is 2. The SMILES string of the molecule is NC(=O)C1=C(O)[C@@]2(O)C(=O)C3=C(O)c4c(O)ccc(-c5ccc(CO)cc5)c4C[C@H]3C[C@H]2CC1=O. The Hall–Kier alpha value is -3.95. The summed E-state index contributed by atoms with van der Waals surface area (Å²) in [6.45, 7) is -0.118. The molecule has 9 heteroatoms. The minimum Gasteiger partial charge on any atom is -0.508 e. The van der Waals surface area contributed by atoms with Crippen LogP contribution in [-0.4, -0.2) is 48.6 Å². The quantitative estimate of drug-likeness (QED) is 0.361. The van der Waals surface area contributed by atoms with E-state index in [1.807, 2.05) is 0 Å². The largest absolute Gasteiger partial charge is 0.508 e. The second kappa shape index (κ2) is 7.79. The van der Waals surface area contributed by atoms with E-state index in [2.05, 4.69) is 0 Å². The molecule has 1 amide bonds. The summed E-state index contributed by atoms with van der Waals surface area (Å²) in [6.07, 6.45) is -0.0706. The average molecular weight is 477 g/mol. The Morgan fingerprint density at radius 3 is 2.34 bits per heavy atom. The number of nitrogens with two attached hydrogens (primary N) is 1. The van der Waals surface area contributed by atoms with Crippen molar-refractivity contribution < 1.29 is 39.9 Å². The third-order valence-corrected chi connectivity index (χ3v) is 7.39. The van der Waals surface area contributed by atoms with Gasteiger partial charge in [-0.05, 0) is 47.1 Å². The summed E-state index contributed by atoms with van der Waals surface area (Å²) in [5, 5.41) is 53.0. The zero-order valence-corrected chi connectivity index (χ0v) is 18.5. The lowest BCUT2D eigenvalue weighted by atomic mass is 9.59. The van der Waals surface area contributed by atoms with Crippen molar-refractivity contribution in [2.75, 3.05) is 0 Å². The van der Waals surface area contributed by atoms with Crippen molar-refractivity contribution >= 4 is 23.2 Å². The number of aromatic hydroxyl groups is 1. The van der Waals surface area contributed by atoms with Gasteiger partial charge in [-0.15, -0.1) is 0 Å². The molecule has 0 aliphatic heterocycles. The Balaban J connectivity index is 1.68. The zero-order valence-electron chi connectivity index (χ0n) is 18.5. The van der Waals surface area contributed by atoms with Crippen molar-refractivity contribution in [2.24, 2.45) is 17.6 Å². The van der Waals surface area contributed by atoms with E-state index in [1.54, 1.807) is 30.3 Å². The van der Waals surface area contributed by atoms with Crippen molar-refractivity contribution in [3.8, 4) is 16.9 Å². The van der Waals surface area contributed by atoms with E-state index in [-0.39, 0.29) is 42.8 Å². The summed E-state index contributed by atoms with van der Waals surface area (Å²) in [4.78, 5) is 37.7. The Morgan fingerprint density at radius 1 is 1.03 bits per heavy atom. The molecule has 1 fully saturated rings. The first-order valence-electron chi connectivity index (χ1n) is 11.1. The fourth-order valence-electron chi connectivity index (χ4n) is 5.68. The summed E-state index contributed by atoms with van der Waals surface area (Å²) in [7, 11) is 0. The molecule has 1 saturated carbocycles. The van der Waals surface area contributed by atoms with Gasteiger partial charge in [-0.1, -0.05) is 30.3 Å². The second-order valence-corrected chi connectivity index (χ2v) is 9.25. The summed E-state index contributed by atoms with van der Waals surface area (Å²) in [5.74, 6) is -6.54. The zero-order chi connectivity index (χ0) is 25.2. The number of fused-ring (bicyclic) bond motifs is 3. The van der Waals surface area contributed by atoms with Crippen LogP contribution in [0.2, 0.25) is 0 Å². The van der Waals surface area contributed by atoms with Crippen molar-refractivity contribution in [1.82, 2.24) is 0 Å². The van der Waals surface area contributed by atoms with Gasteiger partial charge in [-0.3, -0.25) is 14.4 Å². The summed E-state index contributed by atoms with van der Waals surface area (Å²) < 4.78 is 0. The summed E-state index contributed by atoms with van der Waals surface area (Å²) in [5.41, 5.74) is 4.45. The maximum Gasteiger partial charge on any atom is 0.255 e. The van der Waals surface area contributed by atoms with E-state index in [0.29, 0.717) is 16.7 Å². The Kier molecular flexibility index (Phi) is 5.08. The number of rotatable bonds is 3. The first-order valence-corrected chi connectivity index (χ1v) is 11.1. The standard InChI is InChI=1S/C26H23NO8/c27-25(34)21-18(30)9-14-7-13-8-16-15(12-3-1-11(10-28)2-4-12)5-6-17(29)20(16)22(31)19(13)23(32)26(14,35)24(21)33/h1-6,13-14,28-29,31,33,35H,7-10H2,(H2,27,34)/t13-,14+,26+/m1/s1. The highest BCUT2D eigenvalue weighted by Crippen LogP contribution is 2.53. The van der Waals surface area contributed by atoms with Crippen molar-refractivity contribution in [2.45, 2.75) is 31.5 Å². The van der Waals surface area contributed by atoms with Crippen LogP contribution in [-0.2, 0) is 27.4 Å². The van der Waals surface area contributed by atoms with E-state index in [4.69, 9.17) is 5.73 Å². The summed E-state index contributed by atoms with van der Waals surface area (Å²) >= 11 is 0. The van der Waals surface area contributed by atoms with E-state index in [1.165, 1.54) is 6.07 Å². The minimum atomic E-state index is -2.58. The van der Waals surface area contributed by atoms with Gasteiger partial charge in [0, 0.05) is 17.9 Å². The van der Waals surface area contributed by atoms with Crippen LogP contribution in [0.1, 0.15) is 29.5 Å². The fourth-order valence-corrected chi connectivity index (χ4v) is 5.68. The van der Waals surface area contributed by atoms with Gasteiger partial charge in [0.1, 0.15) is 22.8 Å². The highest BCUT2D eigenvalue weighted by atomic mass is 16.3. The van der Waals surface area contributed by atoms with Crippen LogP contribution in [0.25, 0.3) is 16.9 Å². The Morgan fingerprint density at radius 2 is 1.71 bits per heavy atom. The fraction of sp³-hybridized carbons (Fsp3) is 0.269. The van der Waals surface area contributed by atoms with Gasteiger partial charge in [-0.2, -0.15) is 0 Å². The molecule has 0 spiro atoms. The average Bonchev–Trinajstić information content (AvgIpc) is 2.81. The molecule has 3 aliphatic rings. The van der Waals surface area contributed by atoms with E-state index in [9.17, 15) is 39.9 Å². The molecule has 180 valence electrons. The van der Waals surface area contributed by atoms with Crippen molar-refractivity contribution in [3.63, 3.8) is 0 Å². The molecule has 2 aromatic carbocycles. The van der Waals surface area contributed by atoms with Crippen LogP contribution < -0.4 is 5.73 Å². The third-order valence-electron chi connectivity index (χ3n) is 7.39. The smallest absolute Gasteiger partial charge is 0.255 e. The number of hydrogen-bond acceptors (Lipinski definition) is 8. The topological polar surface area (TPSA) is 178 Å². The van der Waals surface area contributed by atoms with E-state index < -0.39 is 52.0 Å². The number of hydrogen-bond donors (Lipinski definition) is 6. The van der Waals surface area contributed by atoms with Gasteiger partial charge >= 0.3 is 0 Å². The highest BCUT2D eigenvalue weighted by Gasteiger charge is 2.60.